The summed E-state index contributed by atoms with van der Waals surface area (Å²) in [5.41, 5.74) is 1.33. The number of rotatable bonds is 6. The first-order valence-electron chi connectivity index (χ1n) is 9.57. The molecule has 0 bridgehead atoms. The quantitative estimate of drug-likeness (QED) is 0.356. The predicted molar refractivity (Wildman–Crippen MR) is 133 cm³/mol. The Labute approximate surface area is 196 Å². The summed E-state index contributed by atoms with van der Waals surface area (Å²) in [6, 6.07) is 17.3. The second-order valence-electron chi connectivity index (χ2n) is 7.21. The monoisotopic (exact) mass is 475 g/mol. The van der Waals surface area contributed by atoms with Gasteiger partial charge in [0.15, 0.2) is 5.13 Å². The first kappa shape index (κ1) is 23.3. The van der Waals surface area contributed by atoms with Gasteiger partial charge in [0.1, 0.15) is 11.3 Å². The molecule has 0 radical (unpaired) electrons. The Kier molecular flexibility index (Phi) is 7.38. The highest BCUT2D eigenvalue weighted by atomic mass is 35.5. The van der Waals surface area contributed by atoms with Crippen molar-refractivity contribution in [1.82, 2.24) is 9.88 Å². The van der Waals surface area contributed by atoms with E-state index in [0.29, 0.717) is 40.1 Å². The van der Waals surface area contributed by atoms with E-state index in [9.17, 15) is 4.79 Å². The van der Waals surface area contributed by atoms with Gasteiger partial charge in [-0.25, -0.2) is 4.98 Å². The zero-order valence-electron chi connectivity index (χ0n) is 17.5. The zero-order chi connectivity index (χ0) is 21.3. The number of carbonyl (C=O) groups excluding carboxylic acids is 1. The first-order chi connectivity index (χ1) is 14.5. The molecule has 1 aromatic heterocycles. The molecule has 0 aliphatic heterocycles. The van der Waals surface area contributed by atoms with Crippen molar-refractivity contribution in [2.45, 2.75) is 0 Å². The average Bonchev–Trinajstić information content (AvgIpc) is 3.19. The molecule has 0 aliphatic carbocycles. The van der Waals surface area contributed by atoms with E-state index in [-0.39, 0.29) is 18.3 Å². The normalized spacial score (nSPS) is 11.0. The van der Waals surface area contributed by atoms with Crippen LogP contribution >= 0.6 is 35.3 Å². The fraction of sp³-hybridized carbons (Fsp3) is 0.217. The number of hydrogen-bond acceptors (Lipinski definition) is 5. The minimum absolute atomic E-state index is 0. The molecule has 8 heteroatoms. The summed E-state index contributed by atoms with van der Waals surface area (Å²) in [6.45, 7) is 1.21. The Hall–Kier alpha value is -2.38. The molecule has 0 unspecified atom stereocenters. The molecule has 31 heavy (non-hydrogen) atoms. The number of likely N-dealkylation sites (N-methyl/N-ethyl adjacent to an activating group) is 1. The van der Waals surface area contributed by atoms with E-state index >= 15 is 0 Å². The van der Waals surface area contributed by atoms with E-state index in [1.54, 1.807) is 24.1 Å². The van der Waals surface area contributed by atoms with Crippen molar-refractivity contribution >= 4 is 67.4 Å². The third-order valence-corrected chi connectivity index (χ3v) is 6.47. The van der Waals surface area contributed by atoms with Crippen LogP contribution in [0.3, 0.4) is 0 Å². The molecular weight excluding hydrogens is 453 g/mol. The molecule has 3 aromatic carbocycles. The minimum Gasteiger partial charge on any atom is -0.494 e. The minimum atomic E-state index is -0.0807. The lowest BCUT2D eigenvalue weighted by atomic mass is 10.0. The van der Waals surface area contributed by atoms with Gasteiger partial charge in [-0.2, -0.15) is 0 Å². The number of thiazole rings is 1. The van der Waals surface area contributed by atoms with E-state index < -0.39 is 0 Å². The molecule has 162 valence electrons. The average molecular weight is 476 g/mol. The summed E-state index contributed by atoms with van der Waals surface area (Å²) in [5.74, 6) is 0.560. The summed E-state index contributed by atoms with van der Waals surface area (Å²) < 4.78 is 6.26. The van der Waals surface area contributed by atoms with Gasteiger partial charge in [0, 0.05) is 18.7 Å². The van der Waals surface area contributed by atoms with Gasteiger partial charge in [-0.15, -0.1) is 12.4 Å². The zero-order valence-corrected chi connectivity index (χ0v) is 19.9. The number of aromatic nitrogens is 1. The fourth-order valence-electron chi connectivity index (χ4n) is 3.36. The standard InChI is InChI=1S/C23H22ClN3O2S.ClH/c1-26(2)13-14-27(22(28)17-10-6-8-15-7-4-5-9-16(15)17)23-25-20-19(29-3)12-11-18(24)21(20)30-23;/h4-12H,13-14H2,1-3H3;1H. The van der Waals surface area contributed by atoms with Crippen molar-refractivity contribution in [2.24, 2.45) is 0 Å². The van der Waals surface area contributed by atoms with Crippen molar-refractivity contribution in [3.63, 3.8) is 0 Å². The van der Waals surface area contributed by atoms with Crippen LogP contribution in [0.15, 0.2) is 54.6 Å². The molecule has 0 spiro atoms. The maximum Gasteiger partial charge on any atom is 0.260 e. The van der Waals surface area contributed by atoms with E-state index in [2.05, 4.69) is 0 Å². The van der Waals surface area contributed by atoms with Crippen molar-refractivity contribution in [1.29, 1.82) is 0 Å². The molecule has 0 atom stereocenters. The number of methoxy groups -OCH3 is 1. The van der Waals surface area contributed by atoms with Gasteiger partial charge >= 0.3 is 0 Å². The highest BCUT2D eigenvalue weighted by molar-refractivity contribution is 7.23. The SMILES string of the molecule is COc1ccc(Cl)c2sc(N(CCN(C)C)C(=O)c3cccc4ccccc34)nc12.Cl. The Morgan fingerprint density at radius 2 is 1.81 bits per heavy atom. The molecular formula is C23H23Cl2N3O2S. The molecule has 4 aromatic rings. The first-order valence-corrected chi connectivity index (χ1v) is 10.8. The van der Waals surface area contributed by atoms with E-state index in [1.165, 1.54) is 11.3 Å². The summed E-state index contributed by atoms with van der Waals surface area (Å²) >= 11 is 7.81. The molecule has 5 nitrogen and oxygen atoms in total. The topological polar surface area (TPSA) is 45.7 Å². The summed E-state index contributed by atoms with van der Waals surface area (Å²) in [4.78, 5) is 22.2. The van der Waals surface area contributed by atoms with Crippen LogP contribution in [-0.2, 0) is 0 Å². The number of nitrogens with zero attached hydrogens (tertiary/aromatic N) is 3. The number of halogens is 2. The Bertz CT molecular complexity index is 1220. The number of hydrogen-bond donors (Lipinski definition) is 0. The highest BCUT2D eigenvalue weighted by Crippen LogP contribution is 2.39. The Morgan fingerprint density at radius 1 is 1.06 bits per heavy atom. The Morgan fingerprint density at radius 3 is 2.55 bits per heavy atom. The number of carbonyl (C=O) groups is 1. The number of benzene rings is 3. The van der Waals surface area contributed by atoms with Crippen LogP contribution in [0, 0.1) is 0 Å². The highest BCUT2D eigenvalue weighted by Gasteiger charge is 2.24. The lowest BCUT2D eigenvalue weighted by Crippen LogP contribution is -2.36. The number of fused-ring (bicyclic) bond motifs is 2. The predicted octanol–water partition coefficient (Wildman–Crippen LogP) is 5.74. The van der Waals surface area contributed by atoms with Crippen LogP contribution in [-0.4, -0.2) is 50.1 Å². The van der Waals surface area contributed by atoms with Crippen LogP contribution < -0.4 is 9.64 Å². The summed E-state index contributed by atoms with van der Waals surface area (Å²) in [5, 5.41) is 3.16. The molecule has 1 amide bonds. The van der Waals surface area contributed by atoms with Crippen molar-refractivity contribution in [3.05, 3.63) is 65.2 Å². The molecule has 0 saturated heterocycles. The maximum absolute atomic E-state index is 13.7. The van der Waals surface area contributed by atoms with Crippen LogP contribution in [0.4, 0.5) is 5.13 Å². The maximum atomic E-state index is 13.7. The second kappa shape index (κ2) is 9.83. The number of amides is 1. The van der Waals surface area contributed by atoms with Gasteiger partial charge in [-0.05, 0) is 43.1 Å². The molecule has 0 N–H and O–H groups in total. The lowest BCUT2D eigenvalue weighted by molar-refractivity contribution is 0.0987. The van der Waals surface area contributed by atoms with Crippen molar-refractivity contribution in [2.75, 3.05) is 39.2 Å². The Balaban J connectivity index is 0.00000272. The molecule has 1 heterocycles. The van der Waals surface area contributed by atoms with Crippen LogP contribution in [0.2, 0.25) is 5.02 Å². The summed E-state index contributed by atoms with van der Waals surface area (Å²) in [6.07, 6.45) is 0. The van der Waals surface area contributed by atoms with E-state index in [1.807, 2.05) is 61.5 Å². The smallest absolute Gasteiger partial charge is 0.260 e. The molecule has 0 fully saturated rings. The van der Waals surface area contributed by atoms with Gasteiger partial charge in [0.25, 0.3) is 5.91 Å². The second-order valence-corrected chi connectivity index (χ2v) is 8.60. The molecule has 0 saturated carbocycles. The van der Waals surface area contributed by atoms with Gasteiger partial charge < -0.3 is 9.64 Å². The van der Waals surface area contributed by atoms with Crippen molar-refractivity contribution < 1.29 is 9.53 Å². The number of ether oxygens (including phenoxy) is 1. The third kappa shape index (κ3) is 4.62. The lowest BCUT2D eigenvalue weighted by Gasteiger charge is -2.22. The number of anilines is 1. The molecule has 0 aliphatic rings. The van der Waals surface area contributed by atoms with Crippen LogP contribution in [0.5, 0.6) is 5.75 Å². The van der Waals surface area contributed by atoms with E-state index in [4.69, 9.17) is 21.3 Å². The third-order valence-electron chi connectivity index (χ3n) is 4.93. The van der Waals surface area contributed by atoms with Crippen LogP contribution in [0.25, 0.3) is 21.0 Å². The molecule has 4 rings (SSSR count). The summed E-state index contributed by atoms with van der Waals surface area (Å²) in [7, 11) is 5.57. The van der Waals surface area contributed by atoms with Gasteiger partial charge in [-0.3, -0.25) is 9.69 Å². The van der Waals surface area contributed by atoms with Crippen molar-refractivity contribution in [3.8, 4) is 5.75 Å². The van der Waals surface area contributed by atoms with Crippen LogP contribution in [0.1, 0.15) is 10.4 Å². The van der Waals surface area contributed by atoms with Gasteiger partial charge in [0.05, 0.1) is 16.8 Å². The van der Waals surface area contributed by atoms with Gasteiger partial charge in [0.2, 0.25) is 0 Å². The van der Waals surface area contributed by atoms with Gasteiger partial charge in [-0.1, -0.05) is 59.3 Å². The fourth-order valence-corrected chi connectivity index (χ4v) is 4.64. The largest absolute Gasteiger partial charge is 0.494 e. The van der Waals surface area contributed by atoms with E-state index in [0.717, 1.165) is 15.5 Å².